The number of benzene rings is 1. The Kier molecular flexibility index (Phi) is 6.55. The van der Waals surface area contributed by atoms with E-state index < -0.39 is 0 Å². The van der Waals surface area contributed by atoms with Gasteiger partial charge in [-0.2, -0.15) is 15.5 Å². The fraction of sp³-hybridized carbons (Fsp3) is 0.346. The van der Waals surface area contributed by atoms with Crippen molar-refractivity contribution in [3.8, 4) is 17.5 Å². The first-order valence-corrected chi connectivity index (χ1v) is 11.9. The number of piperazine rings is 1. The molecule has 1 aliphatic carbocycles. The van der Waals surface area contributed by atoms with Crippen LogP contribution in [0.25, 0.3) is 16.6 Å². The van der Waals surface area contributed by atoms with Crippen molar-refractivity contribution in [1.29, 1.82) is 5.26 Å². The summed E-state index contributed by atoms with van der Waals surface area (Å²) in [5.74, 6) is 1.08. The quantitative estimate of drug-likeness (QED) is 0.478. The van der Waals surface area contributed by atoms with Gasteiger partial charge in [0.05, 0.1) is 29.2 Å². The van der Waals surface area contributed by atoms with Crippen molar-refractivity contribution < 1.29 is 5.11 Å². The van der Waals surface area contributed by atoms with E-state index in [1.165, 1.54) is 24.1 Å². The second-order valence-corrected chi connectivity index (χ2v) is 9.01. The van der Waals surface area contributed by atoms with Crippen LogP contribution in [-0.2, 0) is 12.8 Å². The average Bonchev–Trinajstić information content (AvgIpc) is 3.32. The zero-order valence-electron chi connectivity index (χ0n) is 19.8. The van der Waals surface area contributed by atoms with Crippen LogP contribution in [0.1, 0.15) is 29.7 Å². The van der Waals surface area contributed by atoms with E-state index in [4.69, 9.17) is 5.26 Å². The molecule has 0 radical (unpaired) electrons. The number of phenolic OH excluding ortho intramolecular Hbond substituents is 1. The van der Waals surface area contributed by atoms with Crippen molar-refractivity contribution >= 4 is 16.7 Å². The molecule has 9 heteroatoms. The van der Waals surface area contributed by atoms with E-state index in [2.05, 4.69) is 43.2 Å². The monoisotopic (exact) mass is 468 g/mol. The maximum atomic E-state index is 9.72. The molecule has 0 atom stereocenters. The lowest BCUT2D eigenvalue weighted by molar-refractivity contribution is 0.312. The first-order chi connectivity index (χ1) is 17.1. The Morgan fingerprint density at radius 3 is 2.63 bits per heavy atom. The number of aryl methyl sites for hydroxylation is 2. The molecule has 4 heterocycles. The standard InChI is InChI=1S/C16H18N6O.C10H10N2/c1-20-4-6-21(7-5-20)16-8-13(11-17-19-16)22-15-9-14(23)3-2-12(15)10-18-22;11-6-8-5-9-3-1-2-4-10(9)12-7-8/h2-3,8-11,23H,4-7H2,1H3;5,7H,1-4H2. The van der Waals surface area contributed by atoms with Crippen LogP contribution in [0, 0.1) is 11.3 Å². The molecule has 35 heavy (non-hydrogen) atoms. The predicted octanol–water partition coefficient (Wildman–Crippen LogP) is 3.10. The first kappa shape index (κ1) is 22.7. The van der Waals surface area contributed by atoms with Crippen molar-refractivity contribution in [3.63, 3.8) is 0 Å². The molecular formula is C26H28N8O. The molecule has 9 nitrogen and oxygen atoms in total. The van der Waals surface area contributed by atoms with E-state index in [1.807, 2.05) is 18.2 Å². The fourth-order valence-electron chi connectivity index (χ4n) is 4.51. The molecule has 1 aromatic carbocycles. The van der Waals surface area contributed by atoms with Crippen molar-refractivity contribution in [1.82, 2.24) is 29.9 Å². The largest absolute Gasteiger partial charge is 0.508 e. The minimum absolute atomic E-state index is 0.223. The minimum Gasteiger partial charge on any atom is -0.508 e. The van der Waals surface area contributed by atoms with Gasteiger partial charge in [-0.3, -0.25) is 4.98 Å². The summed E-state index contributed by atoms with van der Waals surface area (Å²) in [5.41, 5.74) is 4.85. The lowest BCUT2D eigenvalue weighted by Gasteiger charge is -2.32. The number of hydrogen-bond acceptors (Lipinski definition) is 8. The lowest BCUT2D eigenvalue weighted by atomic mass is 9.95. The second-order valence-electron chi connectivity index (χ2n) is 9.01. The molecule has 1 aliphatic heterocycles. The van der Waals surface area contributed by atoms with Gasteiger partial charge >= 0.3 is 0 Å². The molecule has 0 bridgehead atoms. The van der Waals surface area contributed by atoms with Crippen molar-refractivity contribution in [2.45, 2.75) is 25.7 Å². The van der Waals surface area contributed by atoms with Crippen LogP contribution in [0.5, 0.6) is 5.75 Å². The van der Waals surface area contributed by atoms with Gasteiger partial charge in [0.15, 0.2) is 5.82 Å². The molecule has 0 spiro atoms. The van der Waals surface area contributed by atoms with Gasteiger partial charge in [0.1, 0.15) is 11.8 Å². The Labute approximate surface area is 204 Å². The van der Waals surface area contributed by atoms with Crippen LogP contribution >= 0.6 is 0 Å². The van der Waals surface area contributed by atoms with Gasteiger partial charge in [0, 0.05) is 55.6 Å². The van der Waals surface area contributed by atoms with Gasteiger partial charge in [0.25, 0.3) is 0 Å². The highest BCUT2D eigenvalue weighted by atomic mass is 16.3. The molecule has 0 unspecified atom stereocenters. The molecular weight excluding hydrogens is 440 g/mol. The zero-order chi connectivity index (χ0) is 24.2. The molecule has 4 aromatic rings. The van der Waals surface area contributed by atoms with E-state index in [-0.39, 0.29) is 5.75 Å². The summed E-state index contributed by atoms with van der Waals surface area (Å²) in [6.07, 6.45) is 9.80. The highest BCUT2D eigenvalue weighted by Crippen LogP contribution is 2.24. The number of rotatable bonds is 2. The maximum absolute atomic E-state index is 9.72. The first-order valence-electron chi connectivity index (χ1n) is 11.9. The molecule has 1 fully saturated rings. The normalized spacial score (nSPS) is 15.7. The number of hydrogen-bond donors (Lipinski definition) is 1. The highest BCUT2D eigenvalue weighted by Gasteiger charge is 2.17. The van der Waals surface area contributed by atoms with Crippen LogP contribution in [0.3, 0.4) is 0 Å². The molecule has 0 saturated carbocycles. The van der Waals surface area contributed by atoms with E-state index in [1.54, 1.807) is 35.4 Å². The van der Waals surface area contributed by atoms with E-state index in [9.17, 15) is 5.11 Å². The van der Waals surface area contributed by atoms with Crippen LogP contribution in [0.2, 0.25) is 0 Å². The number of aromatic hydroxyl groups is 1. The zero-order valence-corrected chi connectivity index (χ0v) is 19.8. The number of likely N-dealkylation sites (N-methyl/N-ethyl adjacent to an activating group) is 1. The number of fused-ring (bicyclic) bond motifs is 2. The molecule has 3 aromatic heterocycles. The summed E-state index contributed by atoms with van der Waals surface area (Å²) in [6, 6.07) is 11.3. The summed E-state index contributed by atoms with van der Waals surface area (Å²) in [4.78, 5) is 8.81. The molecule has 1 saturated heterocycles. The second kappa shape index (κ2) is 10.1. The van der Waals surface area contributed by atoms with Crippen molar-refractivity contribution in [2.75, 3.05) is 38.1 Å². The third-order valence-electron chi connectivity index (χ3n) is 6.55. The van der Waals surface area contributed by atoms with Gasteiger partial charge in [0.2, 0.25) is 0 Å². The summed E-state index contributed by atoms with van der Waals surface area (Å²) in [6.45, 7) is 3.92. The van der Waals surface area contributed by atoms with Gasteiger partial charge < -0.3 is 14.9 Å². The Morgan fingerprint density at radius 2 is 1.80 bits per heavy atom. The smallest absolute Gasteiger partial charge is 0.153 e. The van der Waals surface area contributed by atoms with E-state index >= 15 is 0 Å². The summed E-state index contributed by atoms with van der Waals surface area (Å²) >= 11 is 0. The van der Waals surface area contributed by atoms with Crippen LogP contribution in [-0.4, -0.2) is 68.2 Å². The van der Waals surface area contributed by atoms with Gasteiger partial charge in [-0.1, -0.05) is 0 Å². The van der Waals surface area contributed by atoms with E-state index in [0.29, 0.717) is 5.56 Å². The van der Waals surface area contributed by atoms with E-state index in [0.717, 1.165) is 61.4 Å². The number of nitriles is 1. The Bertz CT molecular complexity index is 1370. The summed E-state index contributed by atoms with van der Waals surface area (Å²) < 4.78 is 1.78. The molecule has 1 N–H and O–H groups in total. The van der Waals surface area contributed by atoms with Crippen LogP contribution < -0.4 is 4.90 Å². The number of anilines is 1. The highest BCUT2D eigenvalue weighted by molar-refractivity contribution is 5.81. The Balaban J connectivity index is 0.000000178. The SMILES string of the molecule is CN1CCN(c2cc(-n3ncc4ccc(O)cc43)cnn2)CC1.N#Cc1cnc2c(c1)CCCC2. The summed E-state index contributed by atoms with van der Waals surface area (Å²) in [5, 5.41) is 32.2. The van der Waals surface area contributed by atoms with Crippen molar-refractivity contribution in [2.24, 2.45) is 0 Å². The third kappa shape index (κ3) is 5.08. The maximum Gasteiger partial charge on any atom is 0.153 e. The Morgan fingerprint density at radius 1 is 0.971 bits per heavy atom. The van der Waals surface area contributed by atoms with Gasteiger partial charge in [-0.25, -0.2) is 4.68 Å². The minimum atomic E-state index is 0.223. The molecule has 2 aliphatic rings. The van der Waals surface area contributed by atoms with Gasteiger partial charge in [-0.05, 0) is 56.5 Å². The van der Waals surface area contributed by atoms with Gasteiger partial charge in [-0.15, -0.1) is 5.10 Å². The van der Waals surface area contributed by atoms with Crippen LogP contribution in [0.15, 0.2) is 48.9 Å². The van der Waals surface area contributed by atoms with Crippen molar-refractivity contribution in [3.05, 3.63) is 65.7 Å². The number of nitrogens with zero attached hydrogens (tertiary/aromatic N) is 8. The molecule has 178 valence electrons. The average molecular weight is 469 g/mol. The fourth-order valence-corrected chi connectivity index (χ4v) is 4.51. The lowest BCUT2D eigenvalue weighted by Crippen LogP contribution is -2.44. The third-order valence-corrected chi connectivity index (χ3v) is 6.55. The number of aromatic nitrogens is 5. The van der Waals surface area contributed by atoms with Crippen LogP contribution in [0.4, 0.5) is 5.82 Å². The number of phenols is 1. The Hall–Kier alpha value is -4.03. The molecule has 6 rings (SSSR count). The molecule has 0 amide bonds. The topological polar surface area (TPSA) is 107 Å². The number of pyridine rings is 1. The summed E-state index contributed by atoms with van der Waals surface area (Å²) in [7, 11) is 2.13. The predicted molar refractivity (Wildman–Crippen MR) is 134 cm³/mol.